The first-order chi connectivity index (χ1) is 11.2. The van der Waals surface area contributed by atoms with Gasteiger partial charge < -0.3 is 14.2 Å². The summed E-state index contributed by atoms with van der Waals surface area (Å²) in [6.45, 7) is 8.50. The van der Waals surface area contributed by atoms with E-state index in [1.165, 1.54) is 7.11 Å². The van der Waals surface area contributed by atoms with Crippen LogP contribution in [-0.4, -0.2) is 38.0 Å². The molecular formula is C18H27NO5. The molecule has 0 unspecified atom stereocenters. The zero-order valence-electron chi connectivity index (χ0n) is 15.0. The van der Waals surface area contributed by atoms with Gasteiger partial charge in [-0.05, 0) is 44.8 Å². The maximum atomic E-state index is 12.0. The monoisotopic (exact) mass is 337 g/mol. The molecule has 1 N–H and O–H groups in total. The molecular weight excluding hydrogens is 310 g/mol. The molecule has 0 bridgehead atoms. The normalized spacial score (nSPS) is 21.6. The molecule has 0 aliphatic carbocycles. The van der Waals surface area contributed by atoms with Gasteiger partial charge in [-0.1, -0.05) is 25.2 Å². The van der Waals surface area contributed by atoms with E-state index in [4.69, 9.17) is 14.2 Å². The maximum Gasteiger partial charge on any atom is 0.412 e. The van der Waals surface area contributed by atoms with Crippen LogP contribution in [0.2, 0.25) is 0 Å². The van der Waals surface area contributed by atoms with Gasteiger partial charge in [0.15, 0.2) is 0 Å². The summed E-state index contributed by atoms with van der Waals surface area (Å²) in [5.41, 5.74) is 0.161. The predicted octanol–water partition coefficient (Wildman–Crippen LogP) is 3.11. The van der Waals surface area contributed by atoms with Crippen molar-refractivity contribution in [2.24, 2.45) is 5.92 Å². The molecule has 1 rings (SSSR count). The van der Waals surface area contributed by atoms with Crippen LogP contribution in [0, 0.1) is 5.92 Å². The standard InChI is InChI=1S/C18H27NO5/c1-13-8-10-23-9-6-7-14(11-13)12-15(16(20)22-5)19-17(21)24-18(2,3)4/h6-7,11-13H,8-10H2,1-5H3,(H,19,21)/b7-6?,14-11+,15-12-/t13-/m1/s1. The van der Waals surface area contributed by atoms with Crippen molar-refractivity contribution in [3.8, 4) is 0 Å². The molecule has 24 heavy (non-hydrogen) atoms. The lowest BCUT2D eigenvalue weighted by Gasteiger charge is -2.20. The Kier molecular flexibility index (Phi) is 7.71. The summed E-state index contributed by atoms with van der Waals surface area (Å²) in [6.07, 6.45) is 7.48. The highest BCUT2D eigenvalue weighted by Crippen LogP contribution is 2.14. The van der Waals surface area contributed by atoms with Crippen molar-refractivity contribution in [1.29, 1.82) is 0 Å². The number of nitrogens with one attached hydrogen (secondary N) is 1. The van der Waals surface area contributed by atoms with Crippen LogP contribution in [0.1, 0.15) is 34.1 Å². The van der Waals surface area contributed by atoms with Gasteiger partial charge in [-0.15, -0.1) is 0 Å². The van der Waals surface area contributed by atoms with Gasteiger partial charge in [0.2, 0.25) is 0 Å². The summed E-state index contributed by atoms with van der Waals surface area (Å²) in [6, 6.07) is 0. The molecule has 6 nitrogen and oxygen atoms in total. The number of methoxy groups -OCH3 is 1. The molecule has 1 heterocycles. The highest BCUT2D eigenvalue weighted by atomic mass is 16.6. The lowest BCUT2D eigenvalue weighted by Crippen LogP contribution is -2.34. The van der Waals surface area contributed by atoms with Crippen molar-refractivity contribution >= 4 is 12.1 Å². The largest absolute Gasteiger partial charge is 0.464 e. The zero-order chi connectivity index (χ0) is 18.2. The number of amides is 1. The smallest absolute Gasteiger partial charge is 0.412 e. The Labute approximate surface area is 143 Å². The fraction of sp³-hybridized carbons (Fsp3) is 0.556. The summed E-state index contributed by atoms with van der Waals surface area (Å²) in [5.74, 6) is -0.363. The van der Waals surface area contributed by atoms with Crippen molar-refractivity contribution in [2.45, 2.75) is 39.7 Å². The van der Waals surface area contributed by atoms with Crippen LogP contribution in [0.15, 0.2) is 35.6 Å². The number of ether oxygens (including phenoxy) is 3. The van der Waals surface area contributed by atoms with Crippen molar-refractivity contribution in [3.05, 3.63) is 35.6 Å². The number of allylic oxidation sites excluding steroid dienone is 4. The second-order valence-corrected chi connectivity index (χ2v) is 6.59. The van der Waals surface area contributed by atoms with E-state index in [0.717, 1.165) is 12.0 Å². The average Bonchev–Trinajstić information content (AvgIpc) is 2.56. The third-order valence-corrected chi connectivity index (χ3v) is 3.07. The lowest BCUT2D eigenvalue weighted by atomic mass is 10.0. The number of hydrogen-bond donors (Lipinski definition) is 1. The molecule has 1 aliphatic heterocycles. The first-order valence-electron chi connectivity index (χ1n) is 7.97. The number of esters is 1. The Hall–Kier alpha value is -2.08. The fourth-order valence-electron chi connectivity index (χ4n) is 2.00. The Morgan fingerprint density at radius 2 is 2.08 bits per heavy atom. The van der Waals surface area contributed by atoms with Gasteiger partial charge in [0.1, 0.15) is 11.3 Å². The van der Waals surface area contributed by atoms with E-state index < -0.39 is 17.7 Å². The SMILES string of the molecule is COC(=O)/C(=C/C1=C/[C@H](C)CCOCC=C1)NC(=O)OC(C)(C)C. The van der Waals surface area contributed by atoms with Gasteiger partial charge in [-0.2, -0.15) is 0 Å². The number of hydrogen-bond acceptors (Lipinski definition) is 5. The van der Waals surface area contributed by atoms with E-state index in [0.29, 0.717) is 13.2 Å². The predicted molar refractivity (Wildman–Crippen MR) is 91.3 cm³/mol. The van der Waals surface area contributed by atoms with Gasteiger partial charge in [-0.3, -0.25) is 5.32 Å². The van der Waals surface area contributed by atoms with Gasteiger partial charge >= 0.3 is 12.1 Å². The van der Waals surface area contributed by atoms with E-state index in [2.05, 4.69) is 12.2 Å². The molecule has 0 aromatic carbocycles. The second kappa shape index (κ2) is 9.27. The first kappa shape index (κ1) is 20.0. The minimum absolute atomic E-state index is 0.0232. The third kappa shape index (κ3) is 7.97. The highest BCUT2D eigenvalue weighted by molar-refractivity contribution is 5.92. The minimum Gasteiger partial charge on any atom is -0.464 e. The Bertz CT molecular complexity index is 540. The molecule has 1 aliphatic rings. The number of rotatable bonds is 3. The number of carbonyl (C=O) groups is 2. The summed E-state index contributed by atoms with van der Waals surface area (Å²) < 4.78 is 15.4. The molecule has 0 aromatic rings. The summed E-state index contributed by atoms with van der Waals surface area (Å²) >= 11 is 0. The van der Waals surface area contributed by atoms with Crippen molar-refractivity contribution in [2.75, 3.05) is 20.3 Å². The van der Waals surface area contributed by atoms with E-state index >= 15 is 0 Å². The van der Waals surface area contributed by atoms with Crippen LogP contribution in [0.3, 0.4) is 0 Å². The van der Waals surface area contributed by atoms with E-state index in [1.807, 2.05) is 18.2 Å². The fourth-order valence-corrected chi connectivity index (χ4v) is 2.00. The summed E-state index contributed by atoms with van der Waals surface area (Å²) in [5, 5.41) is 2.46. The molecule has 0 saturated heterocycles. The van der Waals surface area contributed by atoms with Crippen LogP contribution < -0.4 is 5.32 Å². The first-order valence-corrected chi connectivity index (χ1v) is 7.97. The molecule has 0 saturated carbocycles. The average molecular weight is 337 g/mol. The number of alkyl carbamates (subject to hydrolysis) is 1. The maximum absolute atomic E-state index is 12.0. The summed E-state index contributed by atoms with van der Waals surface area (Å²) in [7, 11) is 1.26. The van der Waals surface area contributed by atoms with Crippen molar-refractivity contribution in [1.82, 2.24) is 5.32 Å². The molecule has 0 spiro atoms. The third-order valence-electron chi connectivity index (χ3n) is 3.07. The zero-order valence-corrected chi connectivity index (χ0v) is 15.0. The van der Waals surface area contributed by atoms with Crippen LogP contribution in [0.5, 0.6) is 0 Å². The van der Waals surface area contributed by atoms with Crippen molar-refractivity contribution in [3.63, 3.8) is 0 Å². The topological polar surface area (TPSA) is 73.9 Å². The van der Waals surface area contributed by atoms with Gasteiger partial charge in [0.25, 0.3) is 0 Å². The second-order valence-electron chi connectivity index (χ2n) is 6.59. The molecule has 0 radical (unpaired) electrons. The van der Waals surface area contributed by atoms with Crippen LogP contribution in [0.25, 0.3) is 0 Å². The molecule has 1 atom stereocenters. The number of carbonyl (C=O) groups excluding carboxylic acids is 2. The molecule has 6 heteroatoms. The van der Waals surface area contributed by atoms with Gasteiger partial charge in [-0.25, -0.2) is 9.59 Å². The molecule has 0 aromatic heterocycles. The van der Waals surface area contributed by atoms with Crippen LogP contribution in [0.4, 0.5) is 4.79 Å². The molecule has 134 valence electrons. The Morgan fingerprint density at radius 1 is 1.38 bits per heavy atom. The van der Waals surface area contributed by atoms with Gasteiger partial charge in [0.05, 0.1) is 13.7 Å². The molecule has 1 amide bonds. The van der Waals surface area contributed by atoms with Crippen LogP contribution in [-0.2, 0) is 19.0 Å². The highest BCUT2D eigenvalue weighted by Gasteiger charge is 2.20. The minimum atomic E-state index is -0.705. The lowest BCUT2D eigenvalue weighted by molar-refractivity contribution is -0.136. The van der Waals surface area contributed by atoms with E-state index in [9.17, 15) is 9.59 Å². The summed E-state index contributed by atoms with van der Waals surface area (Å²) in [4.78, 5) is 23.9. The molecule has 0 fully saturated rings. The van der Waals surface area contributed by atoms with Crippen LogP contribution >= 0.6 is 0 Å². The Balaban J connectivity index is 3.02. The Morgan fingerprint density at radius 3 is 2.71 bits per heavy atom. The quantitative estimate of drug-likeness (QED) is 0.633. The van der Waals surface area contributed by atoms with Crippen molar-refractivity contribution < 1.29 is 23.8 Å². The van der Waals surface area contributed by atoms with Gasteiger partial charge in [0, 0.05) is 6.61 Å². The van der Waals surface area contributed by atoms with E-state index in [-0.39, 0.29) is 11.6 Å². The van der Waals surface area contributed by atoms with E-state index in [1.54, 1.807) is 26.8 Å².